The molecule has 0 N–H and O–H groups in total. The van der Waals surface area contributed by atoms with E-state index in [1.807, 2.05) is 24.3 Å². The highest BCUT2D eigenvalue weighted by Gasteiger charge is 2.98. The van der Waals surface area contributed by atoms with Crippen LogP contribution in [0.15, 0.2) is 115 Å². The predicted molar refractivity (Wildman–Crippen MR) is 143 cm³/mol. The van der Waals surface area contributed by atoms with Gasteiger partial charge < -0.3 is 0 Å². The third kappa shape index (κ3) is 1.82. The molecule has 2 heteroatoms. The lowest BCUT2D eigenvalue weighted by Gasteiger charge is -2.74. The van der Waals surface area contributed by atoms with Crippen molar-refractivity contribution in [3.05, 3.63) is 143 Å². The van der Waals surface area contributed by atoms with Crippen LogP contribution in [0, 0.1) is 17.8 Å². The van der Waals surface area contributed by atoms with Gasteiger partial charge in [0.05, 0.1) is 10.8 Å². The Morgan fingerprint density at radius 2 is 1.08 bits per heavy atom. The average molecular weight is 481 g/mol. The maximum absolute atomic E-state index is 15.5. The minimum Gasteiger partial charge on any atom is -0.299 e. The van der Waals surface area contributed by atoms with Crippen LogP contribution in [0.5, 0.6) is 0 Å². The second-order valence-corrected chi connectivity index (χ2v) is 11.7. The van der Waals surface area contributed by atoms with Crippen molar-refractivity contribution in [3.63, 3.8) is 0 Å². The average Bonchev–Trinajstić information content (AvgIpc) is 3.17. The molecule has 0 unspecified atom stereocenters. The van der Waals surface area contributed by atoms with Gasteiger partial charge in [-0.1, -0.05) is 122 Å². The lowest BCUT2D eigenvalue weighted by atomic mass is 9.25. The Morgan fingerprint density at radius 3 is 1.68 bits per heavy atom. The fourth-order valence-corrected chi connectivity index (χ4v) is 10.2. The standard InChI is InChI=1S/C35H28O2/c1-22-28(36)30-32(2)26-20-12-13-21-27(26)33(23-14-6-3-7-15-23)29(22)34(30,24-16-8-4-9-17-24)35(33,31(32)37)25-18-10-5-11-19-25/h3-22,29-30H,1-2H3/t22-,29-,30+,32+,33+,34+,35-/m0/s1. The number of ketones is 2. The number of benzene rings is 4. The molecule has 2 nitrogen and oxygen atoms in total. The van der Waals surface area contributed by atoms with Crippen molar-refractivity contribution in [2.24, 2.45) is 17.8 Å². The molecule has 3 saturated carbocycles. The van der Waals surface area contributed by atoms with Crippen LogP contribution in [-0.2, 0) is 31.2 Å². The maximum atomic E-state index is 15.5. The summed E-state index contributed by atoms with van der Waals surface area (Å²) in [5.41, 5.74) is 2.54. The number of carbonyl (C=O) groups is 2. The molecule has 0 amide bonds. The summed E-state index contributed by atoms with van der Waals surface area (Å²) < 4.78 is 0. The van der Waals surface area contributed by atoms with Gasteiger partial charge in [0.1, 0.15) is 5.78 Å². The van der Waals surface area contributed by atoms with E-state index in [0.717, 1.165) is 22.3 Å². The van der Waals surface area contributed by atoms with Gasteiger partial charge in [-0.05, 0) is 40.7 Å². The Balaban J connectivity index is 1.67. The molecule has 9 rings (SSSR count). The third-order valence-corrected chi connectivity index (χ3v) is 10.8. The summed E-state index contributed by atoms with van der Waals surface area (Å²) in [6.45, 7) is 4.20. The Labute approximate surface area is 217 Å². The second kappa shape index (κ2) is 6.55. The highest BCUT2D eigenvalue weighted by atomic mass is 16.1. The first-order valence-electron chi connectivity index (χ1n) is 13.4. The molecule has 37 heavy (non-hydrogen) atoms. The van der Waals surface area contributed by atoms with Gasteiger partial charge in [0.15, 0.2) is 5.78 Å². The number of hydrogen-bond acceptors (Lipinski definition) is 2. The van der Waals surface area contributed by atoms with E-state index in [-0.39, 0.29) is 23.4 Å². The lowest BCUT2D eigenvalue weighted by Crippen LogP contribution is -2.81. The molecule has 0 aliphatic heterocycles. The Morgan fingerprint density at radius 1 is 0.595 bits per heavy atom. The van der Waals surface area contributed by atoms with Gasteiger partial charge in [0.2, 0.25) is 0 Å². The topological polar surface area (TPSA) is 34.1 Å². The van der Waals surface area contributed by atoms with Crippen molar-refractivity contribution < 1.29 is 9.59 Å². The largest absolute Gasteiger partial charge is 0.299 e. The Bertz CT molecular complexity index is 1610. The van der Waals surface area contributed by atoms with Crippen LogP contribution in [0.1, 0.15) is 41.7 Å². The van der Waals surface area contributed by atoms with E-state index in [2.05, 4.69) is 105 Å². The molecular weight excluding hydrogens is 452 g/mol. The first-order chi connectivity index (χ1) is 18.0. The summed E-state index contributed by atoms with van der Waals surface area (Å²) in [5, 5.41) is 0. The predicted octanol–water partition coefficient (Wildman–Crippen LogP) is 6.17. The molecule has 0 saturated heterocycles. The summed E-state index contributed by atoms with van der Waals surface area (Å²) in [4.78, 5) is 30.0. The van der Waals surface area contributed by atoms with Crippen LogP contribution in [0.4, 0.5) is 0 Å². The molecule has 0 heterocycles. The third-order valence-electron chi connectivity index (χ3n) is 10.8. The summed E-state index contributed by atoms with van der Waals surface area (Å²) in [6, 6.07) is 40.0. The smallest absolute Gasteiger partial charge is 0.156 e. The van der Waals surface area contributed by atoms with E-state index in [4.69, 9.17) is 0 Å². The summed E-state index contributed by atoms with van der Waals surface area (Å²) >= 11 is 0. The van der Waals surface area contributed by atoms with Crippen LogP contribution < -0.4 is 0 Å². The van der Waals surface area contributed by atoms with E-state index >= 15 is 4.79 Å². The minimum atomic E-state index is -0.892. The molecule has 0 spiro atoms. The van der Waals surface area contributed by atoms with E-state index in [9.17, 15) is 4.79 Å². The van der Waals surface area contributed by atoms with Crippen molar-refractivity contribution in [1.29, 1.82) is 0 Å². The van der Waals surface area contributed by atoms with Crippen LogP contribution >= 0.6 is 0 Å². The number of rotatable bonds is 3. The molecular formula is C35H28O2. The van der Waals surface area contributed by atoms with E-state index in [0.29, 0.717) is 0 Å². The highest BCUT2D eigenvalue weighted by molar-refractivity contribution is 6.18. The molecule has 5 aliphatic carbocycles. The van der Waals surface area contributed by atoms with Gasteiger partial charge in [-0.25, -0.2) is 0 Å². The fraction of sp³-hybridized carbons (Fsp3) is 0.257. The van der Waals surface area contributed by atoms with Gasteiger partial charge >= 0.3 is 0 Å². The van der Waals surface area contributed by atoms with E-state index < -0.39 is 27.6 Å². The van der Waals surface area contributed by atoms with Crippen molar-refractivity contribution in [2.75, 3.05) is 0 Å². The van der Waals surface area contributed by atoms with Gasteiger partial charge in [-0.2, -0.15) is 0 Å². The SMILES string of the molecule is C[C@H]1C(=O)[C@H]2[C@@]3(c4ccccc4)[C@@H]1[C@@]1(c4ccccc4)c4ccccc4[C@@]2(C)C(=O)[C@@]13c1ccccc1. The van der Waals surface area contributed by atoms with Crippen LogP contribution in [0.2, 0.25) is 0 Å². The van der Waals surface area contributed by atoms with Gasteiger partial charge in [0, 0.05) is 22.7 Å². The van der Waals surface area contributed by atoms with Gasteiger partial charge in [-0.15, -0.1) is 0 Å². The van der Waals surface area contributed by atoms with Crippen molar-refractivity contribution >= 4 is 11.6 Å². The van der Waals surface area contributed by atoms with Crippen molar-refractivity contribution in [2.45, 2.75) is 35.5 Å². The van der Waals surface area contributed by atoms with Crippen molar-refractivity contribution in [3.8, 4) is 0 Å². The molecule has 3 fully saturated rings. The summed E-state index contributed by atoms with van der Waals surface area (Å²) in [7, 11) is 0. The van der Waals surface area contributed by atoms with Crippen LogP contribution in [0.25, 0.3) is 0 Å². The normalized spacial score (nSPS) is 38.3. The zero-order chi connectivity index (χ0) is 25.2. The first-order valence-corrected chi connectivity index (χ1v) is 13.4. The molecule has 4 aromatic rings. The lowest BCUT2D eigenvalue weighted by molar-refractivity contribution is -0.149. The zero-order valence-corrected chi connectivity index (χ0v) is 21.0. The van der Waals surface area contributed by atoms with Gasteiger partial charge in [0.25, 0.3) is 0 Å². The number of hydrogen-bond donors (Lipinski definition) is 0. The molecule has 5 aliphatic rings. The van der Waals surface area contributed by atoms with Gasteiger partial charge in [-0.3, -0.25) is 9.59 Å². The highest BCUT2D eigenvalue weighted by Crippen LogP contribution is 2.90. The monoisotopic (exact) mass is 480 g/mol. The Kier molecular flexibility index (Phi) is 3.78. The second-order valence-electron chi connectivity index (χ2n) is 11.7. The fourth-order valence-electron chi connectivity index (χ4n) is 10.2. The Hall–Kier alpha value is -3.78. The van der Waals surface area contributed by atoms with E-state index in [1.165, 1.54) is 5.56 Å². The molecule has 0 aromatic heterocycles. The molecule has 4 aromatic carbocycles. The molecule has 7 atom stereocenters. The van der Waals surface area contributed by atoms with E-state index in [1.54, 1.807) is 0 Å². The first kappa shape index (κ1) is 21.3. The molecule has 180 valence electrons. The molecule has 6 bridgehead atoms. The summed E-state index contributed by atoms with van der Waals surface area (Å²) in [5.74, 6) is -0.149. The van der Waals surface area contributed by atoms with Crippen LogP contribution in [-0.4, -0.2) is 11.6 Å². The number of carbonyl (C=O) groups excluding carboxylic acids is 2. The minimum absolute atomic E-state index is 0.0306. The van der Waals surface area contributed by atoms with Crippen molar-refractivity contribution in [1.82, 2.24) is 0 Å². The number of Topliss-reactive ketones (excluding diaryl/α,β-unsaturated/α-hetero) is 2. The van der Waals surface area contributed by atoms with Crippen LogP contribution in [0.3, 0.4) is 0 Å². The molecule has 0 radical (unpaired) electrons. The zero-order valence-electron chi connectivity index (χ0n) is 21.0. The maximum Gasteiger partial charge on any atom is 0.156 e. The quantitative estimate of drug-likeness (QED) is 0.352. The summed E-state index contributed by atoms with van der Waals surface area (Å²) in [6.07, 6.45) is 0.